The van der Waals surface area contributed by atoms with E-state index >= 15 is 0 Å². The van der Waals surface area contributed by atoms with E-state index in [4.69, 9.17) is 15.2 Å². The molecule has 0 spiro atoms. The lowest BCUT2D eigenvalue weighted by atomic mass is 9.96. The molecule has 0 aliphatic carbocycles. The molecule has 2 fully saturated rings. The quantitative estimate of drug-likeness (QED) is 0.315. The second-order valence-electron chi connectivity index (χ2n) is 7.54. The molecular weight excluding hydrogens is 344 g/mol. The number of esters is 2. The Bertz CT molecular complexity index is 563. The predicted octanol–water partition coefficient (Wildman–Crippen LogP) is 1.78. The number of hydrogen-bond acceptors (Lipinski definition) is 7. The van der Waals surface area contributed by atoms with Crippen LogP contribution in [0.4, 0.5) is 0 Å². The number of β-lactam (4-membered cyclic amide) rings is 1. The largest absolute Gasteiger partial charge is 0.423 e. The number of fused-ring (bicyclic) bond motifs is 1. The molecular formula is C17H28N2O5S. The van der Waals surface area contributed by atoms with Crippen molar-refractivity contribution in [2.24, 2.45) is 5.73 Å². The SMILES string of the molecule is CCCCCC(=O)OC(C)(C)OC(=O)[C@@H]1N2C(=O)C(N)[C@H]2SC1(C)C. The second kappa shape index (κ2) is 7.15. The molecule has 1 amide bonds. The van der Waals surface area contributed by atoms with Gasteiger partial charge in [-0.3, -0.25) is 9.59 Å². The fourth-order valence-electron chi connectivity index (χ4n) is 3.19. The van der Waals surface area contributed by atoms with Crippen molar-refractivity contribution in [3.05, 3.63) is 0 Å². The highest BCUT2D eigenvalue weighted by Crippen LogP contribution is 2.50. The smallest absolute Gasteiger partial charge is 0.333 e. The molecule has 3 atom stereocenters. The van der Waals surface area contributed by atoms with Gasteiger partial charge in [0.25, 0.3) is 5.79 Å². The van der Waals surface area contributed by atoms with E-state index in [9.17, 15) is 14.4 Å². The molecule has 142 valence electrons. The molecule has 2 N–H and O–H groups in total. The van der Waals surface area contributed by atoms with Gasteiger partial charge >= 0.3 is 11.9 Å². The highest BCUT2D eigenvalue weighted by Gasteiger charge is 2.63. The highest BCUT2D eigenvalue weighted by molar-refractivity contribution is 8.01. The van der Waals surface area contributed by atoms with Gasteiger partial charge in [0.05, 0.1) is 0 Å². The lowest BCUT2D eigenvalue weighted by molar-refractivity contribution is -0.221. The number of nitrogens with zero attached hydrogens (tertiary/aromatic N) is 1. The summed E-state index contributed by atoms with van der Waals surface area (Å²) in [6.07, 6.45) is 2.99. The van der Waals surface area contributed by atoms with E-state index in [1.165, 1.54) is 30.5 Å². The third-order valence-electron chi connectivity index (χ3n) is 4.40. The molecule has 2 aliphatic rings. The van der Waals surface area contributed by atoms with Gasteiger partial charge in [0.1, 0.15) is 17.5 Å². The van der Waals surface area contributed by atoms with E-state index < -0.39 is 34.6 Å². The molecule has 0 aromatic carbocycles. The first-order valence-corrected chi connectivity index (χ1v) is 9.58. The third-order valence-corrected chi connectivity index (χ3v) is 5.99. The van der Waals surface area contributed by atoms with Crippen LogP contribution < -0.4 is 5.73 Å². The molecule has 2 saturated heterocycles. The van der Waals surface area contributed by atoms with E-state index in [1.807, 2.05) is 13.8 Å². The molecule has 8 heteroatoms. The minimum Gasteiger partial charge on any atom is -0.423 e. The van der Waals surface area contributed by atoms with Crippen molar-refractivity contribution >= 4 is 29.6 Å². The number of hydrogen-bond donors (Lipinski definition) is 1. The first-order valence-electron chi connectivity index (χ1n) is 8.70. The van der Waals surface area contributed by atoms with E-state index in [-0.39, 0.29) is 11.3 Å². The molecule has 0 aromatic heterocycles. The number of carbonyl (C=O) groups is 3. The number of thioether (sulfide) groups is 1. The zero-order valence-electron chi connectivity index (χ0n) is 15.5. The number of ether oxygens (including phenoxy) is 2. The first-order chi connectivity index (χ1) is 11.5. The van der Waals surface area contributed by atoms with Gasteiger partial charge in [-0.15, -0.1) is 11.8 Å². The van der Waals surface area contributed by atoms with Gasteiger partial charge in [-0.2, -0.15) is 0 Å². The summed E-state index contributed by atoms with van der Waals surface area (Å²) in [5.41, 5.74) is 5.81. The standard InChI is InChI=1S/C17H28N2O5S/c1-6-7-8-9-10(20)23-17(4,5)24-15(22)12-16(2,3)25-14-11(18)13(21)19(12)14/h11-12,14H,6-9,18H2,1-5H3/t11?,12-,14+/m0/s1. The lowest BCUT2D eigenvalue weighted by Gasteiger charge is -2.42. The summed E-state index contributed by atoms with van der Waals surface area (Å²) >= 11 is 1.49. The van der Waals surface area contributed by atoms with Gasteiger partial charge in [0, 0.05) is 25.0 Å². The number of carbonyl (C=O) groups excluding carboxylic acids is 3. The van der Waals surface area contributed by atoms with Crippen molar-refractivity contribution in [2.45, 2.75) is 88.3 Å². The fourth-order valence-corrected chi connectivity index (χ4v) is 4.75. The fraction of sp³-hybridized carbons (Fsp3) is 0.824. The van der Waals surface area contributed by atoms with Gasteiger partial charge in [-0.1, -0.05) is 19.8 Å². The Hall–Kier alpha value is -1.28. The Morgan fingerprint density at radius 2 is 1.92 bits per heavy atom. The topological polar surface area (TPSA) is 98.9 Å². The maximum atomic E-state index is 12.7. The molecule has 2 aliphatic heterocycles. The molecule has 0 aromatic rings. The van der Waals surface area contributed by atoms with Crippen molar-refractivity contribution in [3.63, 3.8) is 0 Å². The zero-order valence-corrected chi connectivity index (χ0v) is 16.4. The van der Waals surface area contributed by atoms with Crippen molar-refractivity contribution in [3.8, 4) is 0 Å². The summed E-state index contributed by atoms with van der Waals surface area (Å²) in [5, 5.41) is -0.209. The zero-order chi connectivity index (χ0) is 19.0. The normalized spacial score (nSPS) is 27.5. The molecule has 0 bridgehead atoms. The Kier molecular flexibility index (Phi) is 5.73. The summed E-state index contributed by atoms with van der Waals surface area (Å²) in [6.45, 7) is 8.86. The number of unbranched alkanes of at least 4 members (excludes halogenated alkanes) is 2. The number of rotatable bonds is 7. The van der Waals surface area contributed by atoms with Gasteiger partial charge in [0.15, 0.2) is 0 Å². The molecule has 0 radical (unpaired) electrons. The summed E-state index contributed by atoms with van der Waals surface area (Å²) in [7, 11) is 0. The van der Waals surface area contributed by atoms with Crippen LogP contribution in [-0.2, 0) is 23.9 Å². The maximum Gasteiger partial charge on any atom is 0.333 e. The molecule has 7 nitrogen and oxygen atoms in total. The van der Waals surface area contributed by atoms with Crippen LogP contribution in [0.5, 0.6) is 0 Å². The summed E-state index contributed by atoms with van der Waals surface area (Å²) < 4.78 is 10.2. The number of amides is 1. The summed E-state index contributed by atoms with van der Waals surface area (Å²) in [4.78, 5) is 38.1. The van der Waals surface area contributed by atoms with Crippen LogP contribution in [0.15, 0.2) is 0 Å². The Morgan fingerprint density at radius 3 is 2.52 bits per heavy atom. The molecule has 25 heavy (non-hydrogen) atoms. The van der Waals surface area contributed by atoms with Gasteiger partial charge in [-0.25, -0.2) is 4.79 Å². The highest BCUT2D eigenvalue weighted by atomic mass is 32.2. The lowest BCUT2D eigenvalue weighted by Crippen LogP contribution is -2.69. The minimum atomic E-state index is -1.38. The predicted molar refractivity (Wildman–Crippen MR) is 94.5 cm³/mol. The maximum absolute atomic E-state index is 12.7. The van der Waals surface area contributed by atoms with E-state index in [1.54, 1.807) is 0 Å². The Labute approximate surface area is 153 Å². The van der Waals surface area contributed by atoms with Crippen LogP contribution in [0.1, 0.15) is 60.3 Å². The van der Waals surface area contributed by atoms with Crippen molar-refractivity contribution in [1.82, 2.24) is 4.90 Å². The summed E-state index contributed by atoms with van der Waals surface area (Å²) in [6, 6.07) is -1.32. The average Bonchev–Trinajstić information content (AvgIpc) is 2.74. The molecule has 0 saturated carbocycles. The second-order valence-corrected chi connectivity index (χ2v) is 9.31. The van der Waals surface area contributed by atoms with E-state index in [0.717, 1.165) is 19.3 Å². The van der Waals surface area contributed by atoms with Crippen molar-refractivity contribution in [1.29, 1.82) is 0 Å². The van der Waals surface area contributed by atoms with Crippen molar-refractivity contribution < 1.29 is 23.9 Å². The van der Waals surface area contributed by atoms with Crippen LogP contribution in [0, 0.1) is 0 Å². The van der Waals surface area contributed by atoms with Gasteiger partial charge in [-0.05, 0) is 20.3 Å². The van der Waals surface area contributed by atoms with Gasteiger partial charge in [0.2, 0.25) is 5.91 Å². The molecule has 1 unspecified atom stereocenters. The Balaban J connectivity index is 1.98. The third kappa shape index (κ3) is 4.11. The Morgan fingerprint density at radius 1 is 1.28 bits per heavy atom. The van der Waals surface area contributed by atoms with Gasteiger partial charge < -0.3 is 20.1 Å². The van der Waals surface area contributed by atoms with E-state index in [0.29, 0.717) is 6.42 Å². The van der Waals surface area contributed by atoms with Crippen LogP contribution in [0.25, 0.3) is 0 Å². The minimum absolute atomic E-state index is 0.209. The van der Waals surface area contributed by atoms with E-state index in [2.05, 4.69) is 6.92 Å². The van der Waals surface area contributed by atoms with Crippen LogP contribution >= 0.6 is 11.8 Å². The summed E-state index contributed by atoms with van der Waals surface area (Å²) in [5.74, 6) is -2.60. The number of nitrogens with two attached hydrogens (primary N) is 1. The van der Waals surface area contributed by atoms with Crippen LogP contribution in [-0.4, -0.2) is 50.7 Å². The molecule has 2 heterocycles. The average molecular weight is 372 g/mol. The van der Waals surface area contributed by atoms with Crippen molar-refractivity contribution in [2.75, 3.05) is 0 Å². The first kappa shape index (κ1) is 20.0. The molecule has 2 rings (SSSR count). The monoisotopic (exact) mass is 372 g/mol. The van der Waals surface area contributed by atoms with Crippen LogP contribution in [0.2, 0.25) is 0 Å². The van der Waals surface area contributed by atoms with Crippen LogP contribution in [0.3, 0.4) is 0 Å².